The molecule has 0 saturated heterocycles. The molecule has 2 N–H and O–H groups in total. The summed E-state index contributed by atoms with van der Waals surface area (Å²) in [4.78, 5) is 4.49. The molecule has 0 aliphatic rings. The molecule has 0 fully saturated rings. The van der Waals surface area contributed by atoms with E-state index >= 15 is 0 Å². The van der Waals surface area contributed by atoms with E-state index in [4.69, 9.17) is 5.73 Å². The van der Waals surface area contributed by atoms with Crippen molar-refractivity contribution in [2.24, 2.45) is 0 Å². The van der Waals surface area contributed by atoms with Crippen LogP contribution >= 0.6 is 0 Å². The predicted octanol–water partition coefficient (Wildman–Crippen LogP) is 3.93. The summed E-state index contributed by atoms with van der Waals surface area (Å²) in [6, 6.07) is 14.1. The summed E-state index contributed by atoms with van der Waals surface area (Å²) in [7, 11) is 0. The maximum absolute atomic E-state index is 13.0. The molecule has 0 bridgehead atoms. The molecule has 0 atom stereocenters. The van der Waals surface area contributed by atoms with Gasteiger partial charge in [-0.2, -0.15) is 0 Å². The Morgan fingerprint density at radius 1 is 1.00 bits per heavy atom. The van der Waals surface area contributed by atoms with Gasteiger partial charge in [0.1, 0.15) is 5.82 Å². The third-order valence-electron chi connectivity index (χ3n) is 3.12. The lowest BCUT2D eigenvalue weighted by atomic mass is 10.00. The fraction of sp³-hybridized carbons (Fsp3) is 0.0625. The third kappa shape index (κ3) is 2.15. The molecule has 2 nitrogen and oxygen atoms in total. The van der Waals surface area contributed by atoms with Crippen molar-refractivity contribution in [2.45, 2.75) is 6.92 Å². The fourth-order valence-corrected chi connectivity index (χ4v) is 2.24. The van der Waals surface area contributed by atoms with E-state index in [2.05, 4.69) is 4.98 Å². The normalized spacial score (nSPS) is 10.8. The maximum atomic E-state index is 13.0. The summed E-state index contributed by atoms with van der Waals surface area (Å²) in [5, 5.41) is 0.984. The van der Waals surface area contributed by atoms with Gasteiger partial charge in [-0.1, -0.05) is 12.1 Å². The number of nitrogens with zero attached hydrogens (tertiary/aromatic N) is 1. The minimum Gasteiger partial charge on any atom is -0.399 e. The second-order valence-corrected chi connectivity index (χ2v) is 4.59. The molecule has 0 saturated carbocycles. The van der Waals surface area contributed by atoms with Crippen LogP contribution in [0.1, 0.15) is 5.69 Å². The van der Waals surface area contributed by atoms with E-state index in [-0.39, 0.29) is 5.82 Å². The number of nitrogens with two attached hydrogens (primary N) is 1. The molecule has 0 aliphatic heterocycles. The van der Waals surface area contributed by atoms with Gasteiger partial charge in [-0.3, -0.25) is 4.98 Å². The lowest BCUT2D eigenvalue weighted by Crippen LogP contribution is -1.91. The van der Waals surface area contributed by atoms with Crippen molar-refractivity contribution >= 4 is 16.6 Å². The van der Waals surface area contributed by atoms with E-state index in [1.807, 2.05) is 31.2 Å². The Labute approximate surface area is 110 Å². The van der Waals surface area contributed by atoms with E-state index in [9.17, 15) is 4.39 Å². The zero-order valence-electron chi connectivity index (χ0n) is 10.5. The molecule has 3 heteroatoms. The highest BCUT2D eigenvalue weighted by Crippen LogP contribution is 2.29. The molecular formula is C16H13FN2. The van der Waals surface area contributed by atoms with Crippen molar-refractivity contribution in [2.75, 3.05) is 5.73 Å². The van der Waals surface area contributed by atoms with Gasteiger partial charge in [0, 0.05) is 16.8 Å². The highest BCUT2D eigenvalue weighted by Gasteiger charge is 2.07. The van der Waals surface area contributed by atoms with E-state index in [0.29, 0.717) is 5.69 Å². The Morgan fingerprint density at radius 3 is 2.47 bits per heavy atom. The molecule has 2 aromatic carbocycles. The Morgan fingerprint density at radius 2 is 1.74 bits per heavy atom. The number of hydrogen-bond donors (Lipinski definition) is 1. The first-order valence-corrected chi connectivity index (χ1v) is 6.06. The number of aromatic nitrogens is 1. The number of anilines is 1. The van der Waals surface area contributed by atoms with Crippen LogP contribution in [0.2, 0.25) is 0 Å². The number of fused-ring (bicyclic) bond motifs is 1. The lowest BCUT2D eigenvalue weighted by molar-refractivity contribution is 0.628. The molecule has 1 aromatic heterocycles. The number of rotatable bonds is 1. The summed E-state index contributed by atoms with van der Waals surface area (Å²) in [5.41, 5.74) is 10.3. The van der Waals surface area contributed by atoms with Gasteiger partial charge in [-0.25, -0.2) is 4.39 Å². The highest BCUT2D eigenvalue weighted by atomic mass is 19.1. The molecule has 0 amide bonds. The predicted molar refractivity (Wildman–Crippen MR) is 76.3 cm³/mol. The van der Waals surface area contributed by atoms with E-state index in [0.717, 1.165) is 27.7 Å². The van der Waals surface area contributed by atoms with E-state index in [1.165, 1.54) is 12.1 Å². The minimum atomic E-state index is -0.238. The SMILES string of the molecule is Cc1cc(-c2ccc(F)cc2)c2cc(N)ccc2n1. The van der Waals surface area contributed by atoms with Gasteiger partial charge >= 0.3 is 0 Å². The zero-order chi connectivity index (χ0) is 13.4. The Kier molecular flexibility index (Phi) is 2.67. The molecule has 0 radical (unpaired) electrons. The Hall–Kier alpha value is -2.42. The molecule has 94 valence electrons. The summed E-state index contributed by atoms with van der Waals surface area (Å²) >= 11 is 0. The standard InChI is InChI=1S/C16H13FN2/c1-10-8-14(11-2-4-12(17)5-3-11)15-9-13(18)6-7-16(15)19-10/h2-9H,18H2,1H3. The topological polar surface area (TPSA) is 38.9 Å². The van der Waals surface area contributed by atoms with Crippen molar-refractivity contribution in [3.63, 3.8) is 0 Å². The maximum Gasteiger partial charge on any atom is 0.123 e. The minimum absolute atomic E-state index is 0.238. The smallest absolute Gasteiger partial charge is 0.123 e. The van der Waals surface area contributed by atoms with Crippen LogP contribution in [0, 0.1) is 12.7 Å². The molecule has 0 unspecified atom stereocenters. The van der Waals surface area contributed by atoms with Gasteiger partial charge in [-0.05, 0) is 54.4 Å². The average molecular weight is 252 g/mol. The largest absolute Gasteiger partial charge is 0.399 e. The molecule has 1 heterocycles. The number of halogens is 1. The summed E-state index contributed by atoms with van der Waals surface area (Å²) in [6.07, 6.45) is 0. The van der Waals surface area contributed by atoms with Crippen molar-refractivity contribution < 1.29 is 4.39 Å². The van der Waals surface area contributed by atoms with Gasteiger partial charge in [0.25, 0.3) is 0 Å². The second-order valence-electron chi connectivity index (χ2n) is 4.59. The first-order chi connectivity index (χ1) is 9.13. The average Bonchev–Trinajstić information content (AvgIpc) is 2.39. The van der Waals surface area contributed by atoms with Crippen LogP contribution in [-0.4, -0.2) is 4.98 Å². The number of benzene rings is 2. The van der Waals surface area contributed by atoms with Crippen molar-refractivity contribution in [1.82, 2.24) is 4.98 Å². The highest BCUT2D eigenvalue weighted by molar-refractivity contribution is 5.96. The molecule has 0 aliphatic carbocycles. The first kappa shape index (κ1) is 11.7. The molecule has 3 aromatic rings. The quantitative estimate of drug-likeness (QED) is 0.666. The van der Waals surface area contributed by atoms with Gasteiger partial charge in [0.15, 0.2) is 0 Å². The van der Waals surface area contributed by atoms with Gasteiger partial charge < -0.3 is 5.73 Å². The Bertz CT molecular complexity index is 749. The molecule has 19 heavy (non-hydrogen) atoms. The van der Waals surface area contributed by atoms with Crippen LogP contribution in [0.15, 0.2) is 48.5 Å². The van der Waals surface area contributed by atoms with Crippen LogP contribution in [0.5, 0.6) is 0 Å². The van der Waals surface area contributed by atoms with Crippen LogP contribution in [0.4, 0.5) is 10.1 Å². The number of aryl methyl sites for hydroxylation is 1. The van der Waals surface area contributed by atoms with Crippen LogP contribution in [0.3, 0.4) is 0 Å². The summed E-state index contributed by atoms with van der Waals surface area (Å²) in [5.74, 6) is -0.238. The van der Waals surface area contributed by atoms with Crippen LogP contribution in [0.25, 0.3) is 22.0 Å². The third-order valence-corrected chi connectivity index (χ3v) is 3.12. The van der Waals surface area contributed by atoms with Gasteiger partial charge in [-0.15, -0.1) is 0 Å². The van der Waals surface area contributed by atoms with Crippen LogP contribution < -0.4 is 5.73 Å². The van der Waals surface area contributed by atoms with Crippen LogP contribution in [-0.2, 0) is 0 Å². The van der Waals surface area contributed by atoms with Crippen molar-refractivity contribution in [1.29, 1.82) is 0 Å². The summed E-state index contributed by atoms with van der Waals surface area (Å²) < 4.78 is 13.0. The van der Waals surface area contributed by atoms with Gasteiger partial charge in [0.05, 0.1) is 5.52 Å². The monoisotopic (exact) mass is 252 g/mol. The summed E-state index contributed by atoms with van der Waals surface area (Å²) in [6.45, 7) is 1.95. The van der Waals surface area contributed by atoms with Gasteiger partial charge in [0.2, 0.25) is 0 Å². The van der Waals surface area contributed by atoms with Crippen molar-refractivity contribution in [3.8, 4) is 11.1 Å². The first-order valence-electron chi connectivity index (χ1n) is 6.06. The zero-order valence-corrected chi connectivity index (χ0v) is 10.5. The van der Waals surface area contributed by atoms with E-state index in [1.54, 1.807) is 12.1 Å². The Balaban J connectivity index is 2.32. The molecule has 3 rings (SSSR count). The number of pyridine rings is 1. The second kappa shape index (κ2) is 4.35. The number of nitrogen functional groups attached to an aromatic ring is 1. The molecule has 0 spiro atoms. The number of hydrogen-bond acceptors (Lipinski definition) is 2. The van der Waals surface area contributed by atoms with Crippen molar-refractivity contribution in [3.05, 3.63) is 60.0 Å². The molecular weight excluding hydrogens is 239 g/mol. The fourth-order valence-electron chi connectivity index (χ4n) is 2.24. The lowest BCUT2D eigenvalue weighted by Gasteiger charge is -2.09. The van der Waals surface area contributed by atoms with E-state index < -0.39 is 0 Å².